The van der Waals surface area contributed by atoms with E-state index in [1.54, 1.807) is 18.5 Å². The maximum Gasteiger partial charge on any atom is 0.407 e. The van der Waals surface area contributed by atoms with Crippen LogP contribution in [-0.2, 0) is 16.1 Å². The number of alkyl carbamates (subject to hydrolysis) is 1. The number of ether oxygens (including phenoxy) is 2. The molecular formula is C28H39ClN6O5S. The Bertz CT molecular complexity index is 1270. The summed E-state index contributed by atoms with van der Waals surface area (Å²) in [5.74, 6) is 1.16. The van der Waals surface area contributed by atoms with Crippen LogP contribution in [-0.4, -0.2) is 80.8 Å². The van der Waals surface area contributed by atoms with E-state index in [-0.39, 0.29) is 24.2 Å². The van der Waals surface area contributed by atoms with E-state index in [1.807, 2.05) is 27.7 Å². The van der Waals surface area contributed by atoms with Crippen molar-refractivity contribution in [2.24, 2.45) is 5.41 Å². The number of carbonyl (C=O) groups excluding carboxylic acids is 1. The summed E-state index contributed by atoms with van der Waals surface area (Å²) in [5, 5.41) is 27.6. The molecule has 2 aromatic heterocycles. The Morgan fingerprint density at radius 3 is 2.66 bits per heavy atom. The number of nitrogens with zero attached hydrogens (tertiary/aromatic N) is 4. The number of hydrogen-bond acceptors (Lipinski definition) is 11. The quantitative estimate of drug-likeness (QED) is 0.346. The summed E-state index contributed by atoms with van der Waals surface area (Å²) < 4.78 is 11.5. The van der Waals surface area contributed by atoms with E-state index in [2.05, 4.69) is 25.5 Å². The lowest BCUT2D eigenvalue weighted by molar-refractivity contribution is 0.0434. The molecule has 4 heterocycles. The lowest BCUT2D eigenvalue weighted by Crippen LogP contribution is -2.55. The van der Waals surface area contributed by atoms with Gasteiger partial charge in [0.2, 0.25) is 0 Å². The topological polar surface area (TPSA) is 142 Å². The molecule has 1 saturated carbocycles. The number of halogens is 1. The van der Waals surface area contributed by atoms with Gasteiger partial charge < -0.3 is 35.2 Å². The molecule has 2 aliphatic heterocycles. The van der Waals surface area contributed by atoms with Gasteiger partial charge in [-0.2, -0.15) is 0 Å². The number of pyridine rings is 1. The standard InChI is InChI=1S/C28H39ClN6O5S/c1-17-22(34-25(37)40-26(2,3)4)27(16-39-17)8-11-35(12-9-27)24-18(14-36)33-20(13-31-24)41-19-5-10-30-23(21(19)29)32-15-28(38)6-7-28/h5,10,13,17,22,36,38H,6-9,11-12,14-16H2,1-4H3,(H,30,32)(H,34,37)/t17-,22?/m0/s1. The monoisotopic (exact) mass is 606 g/mol. The van der Waals surface area contributed by atoms with Crippen LogP contribution in [0.25, 0.3) is 0 Å². The Morgan fingerprint density at radius 1 is 1.27 bits per heavy atom. The summed E-state index contributed by atoms with van der Waals surface area (Å²) in [6, 6.07) is 1.65. The first-order chi connectivity index (χ1) is 19.4. The van der Waals surface area contributed by atoms with E-state index < -0.39 is 17.3 Å². The van der Waals surface area contributed by atoms with Crippen molar-refractivity contribution in [2.45, 2.75) is 93.3 Å². The highest BCUT2D eigenvalue weighted by molar-refractivity contribution is 7.99. The van der Waals surface area contributed by atoms with Crippen molar-refractivity contribution < 1.29 is 24.5 Å². The number of aliphatic hydroxyl groups excluding tert-OH is 1. The third-order valence-electron chi connectivity index (χ3n) is 7.92. The number of piperidine rings is 1. The Balaban J connectivity index is 1.24. The lowest BCUT2D eigenvalue weighted by Gasteiger charge is -2.43. The third kappa shape index (κ3) is 6.99. The molecule has 11 nitrogen and oxygen atoms in total. The van der Waals surface area contributed by atoms with Crippen LogP contribution in [0.2, 0.25) is 5.02 Å². The van der Waals surface area contributed by atoms with Gasteiger partial charge in [-0.25, -0.2) is 19.7 Å². The fraction of sp³-hybridized carbons (Fsp3) is 0.643. The SMILES string of the molecule is C[C@@H]1OCC2(CCN(c3ncc(Sc4ccnc(NCC5(O)CC5)c4Cl)nc3CO)CC2)C1NC(=O)OC(C)(C)C. The highest BCUT2D eigenvalue weighted by Crippen LogP contribution is 2.44. The van der Waals surface area contributed by atoms with Gasteiger partial charge >= 0.3 is 6.09 Å². The highest BCUT2D eigenvalue weighted by Gasteiger charge is 2.50. The first-order valence-electron chi connectivity index (χ1n) is 14.0. The predicted molar refractivity (Wildman–Crippen MR) is 156 cm³/mol. The van der Waals surface area contributed by atoms with Gasteiger partial charge in [0.25, 0.3) is 0 Å². The van der Waals surface area contributed by atoms with Crippen LogP contribution in [0.4, 0.5) is 16.4 Å². The number of hydrogen-bond donors (Lipinski definition) is 4. The Morgan fingerprint density at radius 2 is 2.00 bits per heavy atom. The Hall–Kier alpha value is -2.38. The van der Waals surface area contributed by atoms with E-state index >= 15 is 0 Å². The van der Waals surface area contributed by atoms with Crippen molar-refractivity contribution in [3.63, 3.8) is 0 Å². The number of aliphatic hydroxyl groups is 2. The minimum Gasteiger partial charge on any atom is -0.444 e. The van der Waals surface area contributed by atoms with Crippen LogP contribution in [0.5, 0.6) is 0 Å². The van der Waals surface area contributed by atoms with Crippen LogP contribution < -0.4 is 15.5 Å². The maximum absolute atomic E-state index is 12.6. The molecule has 5 rings (SSSR count). The van der Waals surface area contributed by atoms with Gasteiger partial charge in [-0.3, -0.25) is 0 Å². The molecule has 13 heteroatoms. The molecule has 1 amide bonds. The number of carbonyl (C=O) groups is 1. The minimum absolute atomic E-state index is 0.118. The Kier molecular flexibility index (Phi) is 8.60. The molecule has 224 valence electrons. The normalized spacial score (nSPS) is 23.0. The molecule has 41 heavy (non-hydrogen) atoms. The summed E-state index contributed by atoms with van der Waals surface area (Å²) in [4.78, 5) is 29.1. The first-order valence-corrected chi connectivity index (χ1v) is 15.2. The second-order valence-corrected chi connectivity index (χ2v) is 13.7. The van der Waals surface area contributed by atoms with Crippen molar-refractivity contribution in [2.75, 3.05) is 36.5 Å². The number of aromatic nitrogens is 3. The van der Waals surface area contributed by atoms with Crippen molar-refractivity contribution in [3.8, 4) is 0 Å². The van der Waals surface area contributed by atoms with E-state index in [0.717, 1.165) is 30.6 Å². The fourth-order valence-corrected chi connectivity index (χ4v) is 6.53. The molecule has 1 aliphatic carbocycles. The maximum atomic E-state index is 12.6. The zero-order valence-electron chi connectivity index (χ0n) is 23.9. The average molecular weight is 607 g/mol. The summed E-state index contributed by atoms with van der Waals surface area (Å²) in [5.41, 5.74) is -0.953. The third-order valence-corrected chi connectivity index (χ3v) is 9.39. The van der Waals surface area contributed by atoms with Crippen LogP contribution in [0.15, 0.2) is 28.4 Å². The number of rotatable bonds is 8. The minimum atomic E-state index is -0.669. The smallest absolute Gasteiger partial charge is 0.407 e. The summed E-state index contributed by atoms with van der Waals surface area (Å²) in [6.45, 7) is 9.62. The molecule has 0 aromatic carbocycles. The summed E-state index contributed by atoms with van der Waals surface area (Å²) in [7, 11) is 0. The molecule has 4 N–H and O–H groups in total. The number of amides is 1. The molecule has 3 fully saturated rings. The molecule has 1 spiro atoms. The van der Waals surface area contributed by atoms with Gasteiger partial charge in [0.15, 0.2) is 5.82 Å². The zero-order valence-corrected chi connectivity index (χ0v) is 25.5. The van der Waals surface area contributed by atoms with Crippen LogP contribution >= 0.6 is 23.4 Å². The molecule has 3 aliphatic rings. The molecule has 0 radical (unpaired) electrons. The molecule has 1 unspecified atom stereocenters. The Labute approximate surface area is 249 Å². The zero-order chi connectivity index (χ0) is 29.4. The van der Waals surface area contributed by atoms with Crippen LogP contribution in [0.3, 0.4) is 0 Å². The number of nitrogens with one attached hydrogen (secondary N) is 2. The van der Waals surface area contributed by atoms with Crippen LogP contribution in [0.1, 0.15) is 59.1 Å². The van der Waals surface area contributed by atoms with Crippen molar-refractivity contribution in [1.82, 2.24) is 20.3 Å². The van der Waals surface area contributed by atoms with Crippen molar-refractivity contribution in [3.05, 3.63) is 29.2 Å². The highest BCUT2D eigenvalue weighted by atomic mass is 35.5. The summed E-state index contributed by atoms with van der Waals surface area (Å²) >= 11 is 7.94. The summed E-state index contributed by atoms with van der Waals surface area (Å²) in [6.07, 6.45) is 5.92. The van der Waals surface area contributed by atoms with Gasteiger partial charge in [-0.1, -0.05) is 23.4 Å². The number of anilines is 2. The van der Waals surface area contributed by atoms with Gasteiger partial charge in [0.05, 0.1) is 42.2 Å². The second-order valence-electron chi connectivity index (χ2n) is 12.3. The second kappa shape index (κ2) is 11.7. The molecule has 0 bridgehead atoms. The van der Waals surface area contributed by atoms with Crippen LogP contribution in [0, 0.1) is 5.41 Å². The predicted octanol–water partition coefficient (Wildman–Crippen LogP) is 4.00. The molecule has 2 aromatic rings. The van der Waals surface area contributed by atoms with Gasteiger partial charge in [-0.15, -0.1) is 0 Å². The first kappa shape index (κ1) is 30.1. The lowest BCUT2D eigenvalue weighted by atomic mass is 9.73. The van der Waals surface area contributed by atoms with Gasteiger partial charge in [0, 0.05) is 36.1 Å². The van der Waals surface area contributed by atoms with E-state index in [1.165, 1.54) is 11.8 Å². The van der Waals surface area contributed by atoms with E-state index in [0.29, 0.717) is 53.6 Å². The van der Waals surface area contributed by atoms with E-state index in [4.69, 9.17) is 26.1 Å². The molecule has 2 saturated heterocycles. The molecule has 2 atom stereocenters. The average Bonchev–Trinajstić information content (AvgIpc) is 3.60. The van der Waals surface area contributed by atoms with Gasteiger partial charge in [-0.05, 0) is 59.4 Å². The molecular weight excluding hydrogens is 568 g/mol. The van der Waals surface area contributed by atoms with E-state index in [9.17, 15) is 15.0 Å². The van der Waals surface area contributed by atoms with Gasteiger partial charge in [0.1, 0.15) is 22.1 Å². The largest absolute Gasteiger partial charge is 0.444 e. The van der Waals surface area contributed by atoms with Crippen molar-refractivity contribution >= 4 is 41.1 Å². The fourth-order valence-electron chi connectivity index (χ4n) is 5.44. The van der Waals surface area contributed by atoms with Crippen molar-refractivity contribution in [1.29, 1.82) is 0 Å².